The second-order valence-electron chi connectivity index (χ2n) is 6.95. The molecule has 3 aromatic carbocycles. The molecule has 5 nitrogen and oxygen atoms in total. The summed E-state index contributed by atoms with van der Waals surface area (Å²) in [6.07, 6.45) is 0.512. The highest BCUT2D eigenvalue weighted by Gasteiger charge is 2.49. The van der Waals surface area contributed by atoms with Crippen LogP contribution in [0.25, 0.3) is 0 Å². The molecule has 0 heterocycles. The van der Waals surface area contributed by atoms with Crippen molar-refractivity contribution < 1.29 is 22.8 Å². The maximum absolute atomic E-state index is 11.7. The summed E-state index contributed by atoms with van der Waals surface area (Å²) in [5, 5.41) is 0. The summed E-state index contributed by atoms with van der Waals surface area (Å²) < 4.78 is 24.5. The molecule has 0 saturated heterocycles. The first kappa shape index (κ1) is 22.2. The number of hydrogen-bond donors (Lipinski definition) is 0. The normalized spacial score (nSPS) is 10.7. The van der Waals surface area contributed by atoms with Crippen molar-refractivity contribution in [2.45, 2.75) is 19.4 Å². The van der Waals surface area contributed by atoms with Crippen molar-refractivity contribution in [2.24, 2.45) is 0 Å². The smallest absolute Gasteiger partial charge is 0.483 e. The predicted octanol–water partition coefficient (Wildman–Crippen LogP) is 5.67. The lowest BCUT2D eigenvalue weighted by Crippen LogP contribution is -2.55. The SMILES string of the molecule is C=C(C)C(=O)OCCC[Si](Oc1ccccc1)(Oc1ccccc1)Oc1ccccc1. The Morgan fingerprint density at radius 3 is 1.48 bits per heavy atom. The van der Waals surface area contributed by atoms with Crippen molar-refractivity contribution >= 4 is 14.8 Å². The Labute approximate surface area is 184 Å². The van der Waals surface area contributed by atoms with Crippen LogP contribution in [0, 0.1) is 0 Å². The molecule has 160 valence electrons. The van der Waals surface area contributed by atoms with Gasteiger partial charge in [0, 0.05) is 5.57 Å². The van der Waals surface area contributed by atoms with E-state index in [0.29, 0.717) is 35.3 Å². The quantitative estimate of drug-likeness (QED) is 0.168. The molecule has 3 aromatic rings. The molecule has 0 aliphatic heterocycles. The molecule has 0 N–H and O–H groups in total. The predicted molar refractivity (Wildman–Crippen MR) is 122 cm³/mol. The van der Waals surface area contributed by atoms with Crippen LogP contribution in [0.15, 0.2) is 103 Å². The molecule has 3 rings (SSSR count). The molecule has 0 atom stereocenters. The molecular weight excluding hydrogens is 408 g/mol. The van der Waals surface area contributed by atoms with Gasteiger partial charge in [-0.25, -0.2) is 4.79 Å². The highest BCUT2D eigenvalue weighted by molar-refractivity contribution is 6.63. The van der Waals surface area contributed by atoms with E-state index in [9.17, 15) is 4.79 Å². The van der Waals surface area contributed by atoms with Crippen LogP contribution in [0.3, 0.4) is 0 Å². The number of carbonyl (C=O) groups is 1. The molecule has 0 radical (unpaired) electrons. The zero-order valence-electron chi connectivity index (χ0n) is 17.5. The van der Waals surface area contributed by atoms with Crippen LogP contribution in [-0.4, -0.2) is 21.4 Å². The number of ether oxygens (including phenoxy) is 1. The van der Waals surface area contributed by atoms with Crippen LogP contribution in [0.2, 0.25) is 6.04 Å². The Balaban J connectivity index is 1.86. The maximum atomic E-state index is 11.7. The first-order valence-electron chi connectivity index (χ1n) is 10.1. The Kier molecular flexibility index (Phi) is 7.89. The van der Waals surface area contributed by atoms with E-state index in [-0.39, 0.29) is 6.61 Å². The molecule has 0 aliphatic carbocycles. The van der Waals surface area contributed by atoms with Crippen molar-refractivity contribution in [3.05, 3.63) is 103 Å². The van der Waals surface area contributed by atoms with E-state index in [1.165, 1.54) is 0 Å². The zero-order valence-corrected chi connectivity index (χ0v) is 18.5. The van der Waals surface area contributed by atoms with E-state index in [1.54, 1.807) is 6.92 Å². The third-order valence-electron chi connectivity index (χ3n) is 4.26. The molecular formula is C25H26O5Si. The molecule has 6 heteroatoms. The lowest BCUT2D eigenvalue weighted by atomic mass is 10.3. The average Bonchev–Trinajstić information content (AvgIpc) is 2.78. The van der Waals surface area contributed by atoms with Gasteiger partial charge in [0.15, 0.2) is 0 Å². The van der Waals surface area contributed by atoms with Gasteiger partial charge >= 0.3 is 14.8 Å². The first-order valence-corrected chi connectivity index (χ1v) is 12.0. The van der Waals surface area contributed by atoms with E-state index in [2.05, 4.69) is 6.58 Å². The maximum Gasteiger partial charge on any atom is 0.699 e. The molecule has 0 aromatic heterocycles. The van der Waals surface area contributed by atoms with Gasteiger partial charge in [0.2, 0.25) is 0 Å². The minimum Gasteiger partial charge on any atom is -0.483 e. The van der Waals surface area contributed by atoms with E-state index in [0.717, 1.165) is 0 Å². The Bertz CT molecular complexity index is 860. The van der Waals surface area contributed by atoms with Crippen molar-refractivity contribution in [1.29, 1.82) is 0 Å². The summed E-state index contributed by atoms with van der Waals surface area (Å²) >= 11 is 0. The van der Waals surface area contributed by atoms with Crippen LogP contribution >= 0.6 is 0 Å². The zero-order chi connectivity index (χ0) is 21.9. The summed E-state index contributed by atoms with van der Waals surface area (Å²) in [7, 11) is -3.33. The molecule has 0 fully saturated rings. The third-order valence-corrected chi connectivity index (χ3v) is 6.86. The van der Waals surface area contributed by atoms with E-state index in [4.69, 9.17) is 18.0 Å². The van der Waals surface area contributed by atoms with Gasteiger partial charge in [0.05, 0.1) is 12.7 Å². The highest BCUT2D eigenvalue weighted by Crippen LogP contribution is 2.27. The monoisotopic (exact) mass is 434 g/mol. The lowest BCUT2D eigenvalue weighted by Gasteiger charge is -2.30. The largest absolute Gasteiger partial charge is 0.699 e. The Hall–Kier alpha value is -3.51. The van der Waals surface area contributed by atoms with Crippen LogP contribution in [0.1, 0.15) is 13.3 Å². The number of benzene rings is 3. The van der Waals surface area contributed by atoms with Gasteiger partial charge in [-0.1, -0.05) is 61.2 Å². The summed E-state index contributed by atoms with van der Waals surface area (Å²) in [5.41, 5.74) is 0.366. The molecule has 0 unspecified atom stereocenters. The van der Waals surface area contributed by atoms with E-state index in [1.807, 2.05) is 91.0 Å². The van der Waals surface area contributed by atoms with Gasteiger partial charge in [-0.2, -0.15) is 0 Å². The summed E-state index contributed by atoms with van der Waals surface area (Å²) in [6, 6.07) is 28.8. The van der Waals surface area contributed by atoms with Gasteiger partial charge in [0.25, 0.3) is 0 Å². The van der Waals surface area contributed by atoms with Gasteiger partial charge in [-0.05, 0) is 49.7 Å². The molecule has 0 spiro atoms. The minimum atomic E-state index is -3.33. The molecule has 0 aliphatic rings. The van der Waals surface area contributed by atoms with Gasteiger partial charge in [0.1, 0.15) is 17.2 Å². The fraction of sp³-hybridized carbons (Fsp3) is 0.160. The lowest BCUT2D eigenvalue weighted by molar-refractivity contribution is -0.138. The van der Waals surface area contributed by atoms with Crippen LogP contribution in [-0.2, 0) is 9.53 Å². The van der Waals surface area contributed by atoms with Gasteiger partial charge in [-0.3, -0.25) is 0 Å². The van der Waals surface area contributed by atoms with Gasteiger partial charge < -0.3 is 18.0 Å². The first-order chi connectivity index (χ1) is 15.1. The standard InChI is InChI=1S/C25H26O5Si/c1-21(2)25(26)27-19-12-20-31(28-22-13-6-3-7-14-22,29-23-15-8-4-9-16-23)30-24-17-10-5-11-18-24/h3-11,13-18H,1,12,19-20H2,2H3. The fourth-order valence-electron chi connectivity index (χ4n) is 2.80. The number of para-hydroxylation sites is 3. The number of rotatable bonds is 11. The van der Waals surface area contributed by atoms with E-state index >= 15 is 0 Å². The molecule has 0 saturated carbocycles. The molecule has 31 heavy (non-hydrogen) atoms. The third kappa shape index (κ3) is 7.04. The summed E-state index contributed by atoms with van der Waals surface area (Å²) in [4.78, 5) is 11.7. The summed E-state index contributed by atoms with van der Waals surface area (Å²) in [6.45, 7) is 5.45. The highest BCUT2D eigenvalue weighted by atomic mass is 28.4. The van der Waals surface area contributed by atoms with E-state index < -0.39 is 14.8 Å². The van der Waals surface area contributed by atoms with Crippen molar-refractivity contribution in [2.75, 3.05) is 6.61 Å². The van der Waals surface area contributed by atoms with Crippen molar-refractivity contribution in [1.82, 2.24) is 0 Å². The number of hydrogen-bond acceptors (Lipinski definition) is 5. The van der Waals surface area contributed by atoms with Crippen molar-refractivity contribution in [3.8, 4) is 17.2 Å². The molecule has 0 bridgehead atoms. The number of carbonyl (C=O) groups excluding carboxylic acids is 1. The Morgan fingerprint density at radius 1 is 0.742 bits per heavy atom. The second kappa shape index (κ2) is 11.0. The number of esters is 1. The minimum absolute atomic E-state index is 0.217. The van der Waals surface area contributed by atoms with Crippen LogP contribution in [0.5, 0.6) is 17.2 Å². The topological polar surface area (TPSA) is 54.0 Å². The van der Waals surface area contributed by atoms with Gasteiger partial charge in [-0.15, -0.1) is 0 Å². The second-order valence-corrected chi connectivity index (χ2v) is 9.43. The van der Waals surface area contributed by atoms with Crippen molar-refractivity contribution in [3.63, 3.8) is 0 Å². The average molecular weight is 435 g/mol. The Morgan fingerprint density at radius 2 is 1.13 bits per heavy atom. The summed E-state index contributed by atoms with van der Waals surface area (Å²) in [5.74, 6) is 1.55. The molecule has 0 amide bonds. The van der Waals surface area contributed by atoms with Crippen LogP contribution < -0.4 is 13.3 Å². The van der Waals surface area contributed by atoms with Crippen LogP contribution in [0.4, 0.5) is 0 Å². The fourth-order valence-corrected chi connectivity index (χ4v) is 5.29.